The Labute approximate surface area is 206 Å². The minimum absolute atomic E-state index is 0.0630. The van der Waals surface area contributed by atoms with E-state index < -0.39 is 17.3 Å². The number of nitrogens with one attached hydrogen (secondary N) is 1. The first-order chi connectivity index (χ1) is 17.3. The average molecular weight is 488 g/mol. The van der Waals surface area contributed by atoms with Crippen LogP contribution in [0.15, 0.2) is 47.9 Å². The van der Waals surface area contributed by atoms with Crippen molar-refractivity contribution in [1.82, 2.24) is 34.6 Å². The van der Waals surface area contributed by atoms with Crippen LogP contribution in [0.3, 0.4) is 0 Å². The van der Waals surface area contributed by atoms with Gasteiger partial charge in [-0.2, -0.15) is 5.10 Å². The first-order valence-electron chi connectivity index (χ1n) is 12.2. The Bertz CT molecular complexity index is 1550. The van der Waals surface area contributed by atoms with E-state index in [0.29, 0.717) is 30.0 Å². The van der Waals surface area contributed by atoms with Gasteiger partial charge in [-0.25, -0.2) is 24.0 Å². The van der Waals surface area contributed by atoms with Crippen LogP contribution in [0.25, 0.3) is 22.2 Å². The van der Waals surface area contributed by atoms with E-state index in [1.807, 2.05) is 18.5 Å². The van der Waals surface area contributed by atoms with Gasteiger partial charge in [0.2, 0.25) is 5.82 Å². The number of nitrogens with zero attached hydrogens (tertiary/aromatic N) is 6. The molecular weight excluding hydrogens is 461 g/mol. The van der Waals surface area contributed by atoms with E-state index in [0.717, 1.165) is 11.9 Å². The molecular formula is C26H26FN7O2. The number of fused-ring (bicyclic) bond motifs is 1. The van der Waals surface area contributed by atoms with Crippen LogP contribution in [-0.2, 0) is 12.1 Å². The lowest BCUT2D eigenvalue weighted by molar-refractivity contribution is 0.0920. The highest BCUT2D eigenvalue weighted by Gasteiger charge is 2.46. The largest absolute Gasteiger partial charge is 0.340 e. The maximum absolute atomic E-state index is 15.2. The lowest BCUT2D eigenvalue weighted by Gasteiger charge is -2.18. The van der Waals surface area contributed by atoms with Gasteiger partial charge in [0.05, 0.1) is 29.0 Å². The standard InChI is InChI=1S/C26H26FN7O2/c1-15(2)33-14-28-12-20(25(33)36)19-6-5-18(9-21(19)27)26(7-8-26)32-24(35)22-29-10-17-11-30-34(23(17)31-22)13-16-3-4-16/h5-6,9-12,14-16H,3-4,7-8,13H2,1-2H3,(H,32,35). The zero-order chi connectivity index (χ0) is 25.0. The van der Waals surface area contributed by atoms with Crippen molar-refractivity contribution >= 4 is 16.9 Å². The molecule has 6 rings (SSSR count). The zero-order valence-corrected chi connectivity index (χ0v) is 20.1. The summed E-state index contributed by atoms with van der Waals surface area (Å²) in [7, 11) is 0. The van der Waals surface area contributed by atoms with Crippen LogP contribution in [0.1, 0.15) is 61.8 Å². The first kappa shape index (κ1) is 22.5. The number of aromatic nitrogens is 6. The van der Waals surface area contributed by atoms with Crippen LogP contribution in [-0.4, -0.2) is 35.2 Å². The number of carbonyl (C=O) groups excluding carboxylic acids is 1. The highest BCUT2D eigenvalue weighted by molar-refractivity contribution is 5.93. The lowest BCUT2D eigenvalue weighted by atomic mass is 9.99. The van der Waals surface area contributed by atoms with Crippen molar-refractivity contribution in [3.63, 3.8) is 0 Å². The molecule has 184 valence electrons. The third kappa shape index (κ3) is 3.96. The van der Waals surface area contributed by atoms with Gasteiger partial charge in [-0.15, -0.1) is 0 Å². The number of halogens is 1. The van der Waals surface area contributed by atoms with Gasteiger partial charge in [-0.1, -0.05) is 12.1 Å². The van der Waals surface area contributed by atoms with Crippen molar-refractivity contribution in [2.45, 2.75) is 57.7 Å². The Kier molecular flexibility index (Phi) is 5.20. The van der Waals surface area contributed by atoms with Gasteiger partial charge in [0.15, 0.2) is 5.65 Å². The van der Waals surface area contributed by atoms with Gasteiger partial charge in [-0.05, 0) is 57.1 Å². The molecule has 2 fully saturated rings. The molecule has 2 aliphatic carbocycles. The fourth-order valence-corrected chi connectivity index (χ4v) is 4.55. The summed E-state index contributed by atoms with van der Waals surface area (Å²) in [4.78, 5) is 38.7. The third-order valence-electron chi connectivity index (χ3n) is 7.04. The summed E-state index contributed by atoms with van der Waals surface area (Å²) in [5, 5.41) is 8.19. The molecule has 2 aliphatic rings. The summed E-state index contributed by atoms with van der Waals surface area (Å²) in [5.41, 5.74) is 0.695. The van der Waals surface area contributed by atoms with Crippen LogP contribution >= 0.6 is 0 Å². The van der Waals surface area contributed by atoms with Crippen molar-refractivity contribution in [2.24, 2.45) is 5.92 Å². The number of carbonyl (C=O) groups is 1. The summed E-state index contributed by atoms with van der Waals surface area (Å²) in [5.74, 6) is -0.263. The zero-order valence-electron chi connectivity index (χ0n) is 20.1. The maximum atomic E-state index is 15.2. The minimum Gasteiger partial charge on any atom is -0.340 e. The third-order valence-corrected chi connectivity index (χ3v) is 7.04. The topological polar surface area (TPSA) is 108 Å². The smallest absolute Gasteiger partial charge is 0.289 e. The summed E-state index contributed by atoms with van der Waals surface area (Å²) < 4.78 is 18.5. The number of benzene rings is 1. The van der Waals surface area contributed by atoms with E-state index in [4.69, 9.17) is 0 Å². The average Bonchev–Trinajstić information content (AvgIpc) is 3.79. The molecule has 36 heavy (non-hydrogen) atoms. The molecule has 2 saturated carbocycles. The number of hydrogen-bond acceptors (Lipinski definition) is 6. The molecule has 0 unspecified atom stereocenters. The maximum Gasteiger partial charge on any atom is 0.289 e. The summed E-state index contributed by atoms with van der Waals surface area (Å²) in [6, 6.07) is 4.64. The molecule has 0 radical (unpaired) electrons. The Balaban J connectivity index is 1.26. The van der Waals surface area contributed by atoms with Gasteiger partial charge in [0.25, 0.3) is 11.5 Å². The molecule has 1 aromatic carbocycles. The molecule has 3 aromatic heterocycles. The van der Waals surface area contributed by atoms with Crippen molar-refractivity contribution in [3.05, 3.63) is 70.7 Å². The molecule has 4 aromatic rings. The molecule has 0 atom stereocenters. The van der Waals surface area contributed by atoms with Gasteiger partial charge < -0.3 is 5.32 Å². The number of rotatable bonds is 7. The van der Waals surface area contributed by atoms with Crippen molar-refractivity contribution < 1.29 is 9.18 Å². The lowest BCUT2D eigenvalue weighted by Crippen LogP contribution is -2.36. The normalized spacial score (nSPS) is 16.4. The van der Waals surface area contributed by atoms with Crippen LogP contribution in [0.4, 0.5) is 4.39 Å². The summed E-state index contributed by atoms with van der Waals surface area (Å²) in [6.07, 6.45) is 9.88. The van der Waals surface area contributed by atoms with Gasteiger partial charge in [0.1, 0.15) is 5.82 Å². The fourth-order valence-electron chi connectivity index (χ4n) is 4.55. The van der Waals surface area contributed by atoms with E-state index in [1.165, 1.54) is 36.0 Å². The van der Waals surface area contributed by atoms with Crippen LogP contribution in [0.2, 0.25) is 0 Å². The SMILES string of the molecule is CC(C)n1cncc(-c2ccc(C3(NC(=O)c4ncc5cnn(CC6CC6)c5n4)CC3)cc2F)c1=O. The highest BCUT2D eigenvalue weighted by Crippen LogP contribution is 2.46. The summed E-state index contributed by atoms with van der Waals surface area (Å²) in [6.45, 7) is 4.53. The van der Waals surface area contributed by atoms with Crippen LogP contribution in [0.5, 0.6) is 0 Å². The molecule has 1 N–H and O–H groups in total. The molecule has 0 aliphatic heterocycles. The molecule has 0 saturated heterocycles. The Morgan fingerprint density at radius 2 is 2.00 bits per heavy atom. The molecule has 10 heteroatoms. The Morgan fingerprint density at radius 3 is 2.69 bits per heavy atom. The molecule has 9 nitrogen and oxygen atoms in total. The predicted molar refractivity (Wildman–Crippen MR) is 131 cm³/mol. The second-order valence-electron chi connectivity index (χ2n) is 10.1. The molecule has 0 spiro atoms. The fraction of sp³-hybridized carbons (Fsp3) is 0.385. The van der Waals surface area contributed by atoms with E-state index in [2.05, 4.69) is 25.4 Å². The monoisotopic (exact) mass is 487 g/mol. The number of amides is 1. The number of hydrogen-bond donors (Lipinski definition) is 1. The molecule has 0 bridgehead atoms. The first-order valence-corrected chi connectivity index (χ1v) is 12.2. The Morgan fingerprint density at radius 1 is 1.19 bits per heavy atom. The second kappa shape index (κ2) is 8.32. The van der Waals surface area contributed by atoms with Crippen LogP contribution < -0.4 is 10.9 Å². The van der Waals surface area contributed by atoms with Crippen LogP contribution in [0, 0.1) is 11.7 Å². The van der Waals surface area contributed by atoms with Crippen molar-refractivity contribution in [3.8, 4) is 11.1 Å². The Hall–Kier alpha value is -3.95. The van der Waals surface area contributed by atoms with E-state index in [1.54, 1.807) is 24.5 Å². The van der Waals surface area contributed by atoms with E-state index in [9.17, 15) is 9.59 Å². The summed E-state index contributed by atoms with van der Waals surface area (Å²) >= 11 is 0. The highest BCUT2D eigenvalue weighted by atomic mass is 19.1. The second-order valence-corrected chi connectivity index (χ2v) is 10.1. The minimum atomic E-state index is -0.684. The quantitative estimate of drug-likeness (QED) is 0.427. The van der Waals surface area contributed by atoms with Crippen molar-refractivity contribution in [1.29, 1.82) is 0 Å². The van der Waals surface area contributed by atoms with Gasteiger partial charge in [0, 0.05) is 30.5 Å². The van der Waals surface area contributed by atoms with Gasteiger partial charge in [-0.3, -0.25) is 14.2 Å². The van der Waals surface area contributed by atoms with Gasteiger partial charge >= 0.3 is 0 Å². The van der Waals surface area contributed by atoms with E-state index >= 15 is 4.39 Å². The predicted octanol–water partition coefficient (Wildman–Crippen LogP) is 3.60. The molecule has 3 heterocycles. The van der Waals surface area contributed by atoms with Crippen molar-refractivity contribution in [2.75, 3.05) is 0 Å². The molecule has 1 amide bonds. The van der Waals surface area contributed by atoms with E-state index in [-0.39, 0.29) is 28.6 Å².